The molecule has 0 aliphatic heterocycles. The Morgan fingerprint density at radius 2 is 1.86 bits per heavy atom. The Hall–Kier alpha value is -1.56. The SMILES string of the molecule is NCCCCCCC(=O)Nc1cccc(CCC(F)(F)F)c1. The molecule has 0 aliphatic rings. The Morgan fingerprint density at radius 3 is 2.55 bits per heavy atom. The third kappa shape index (κ3) is 8.67. The van der Waals surface area contributed by atoms with Crippen LogP contribution >= 0.6 is 0 Å². The van der Waals surface area contributed by atoms with Crippen molar-refractivity contribution in [3.8, 4) is 0 Å². The molecule has 0 saturated heterocycles. The molecule has 0 unspecified atom stereocenters. The Labute approximate surface area is 129 Å². The number of alkyl halides is 3. The lowest BCUT2D eigenvalue weighted by Crippen LogP contribution is -2.12. The van der Waals surface area contributed by atoms with Crippen molar-refractivity contribution in [2.75, 3.05) is 11.9 Å². The van der Waals surface area contributed by atoms with Gasteiger partial charge in [0.05, 0.1) is 0 Å². The molecule has 22 heavy (non-hydrogen) atoms. The number of unbranched alkanes of at least 4 members (excludes halogenated alkanes) is 3. The summed E-state index contributed by atoms with van der Waals surface area (Å²) in [5.41, 5.74) is 6.50. The first-order valence-electron chi connectivity index (χ1n) is 7.56. The summed E-state index contributed by atoms with van der Waals surface area (Å²) in [7, 11) is 0. The minimum atomic E-state index is -4.16. The van der Waals surface area contributed by atoms with Crippen molar-refractivity contribution in [1.29, 1.82) is 0 Å². The zero-order chi connectivity index (χ0) is 16.4. The summed E-state index contributed by atoms with van der Waals surface area (Å²) >= 11 is 0. The van der Waals surface area contributed by atoms with Crippen LogP contribution in [0.4, 0.5) is 18.9 Å². The van der Waals surface area contributed by atoms with Gasteiger partial charge in [0, 0.05) is 18.5 Å². The highest BCUT2D eigenvalue weighted by Crippen LogP contribution is 2.23. The molecule has 124 valence electrons. The Balaban J connectivity index is 2.37. The largest absolute Gasteiger partial charge is 0.389 e. The summed E-state index contributed by atoms with van der Waals surface area (Å²) in [5.74, 6) is -0.110. The third-order valence-electron chi connectivity index (χ3n) is 3.27. The van der Waals surface area contributed by atoms with Gasteiger partial charge in [0.2, 0.25) is 5.91 Å². The third-order valence-corrected chi connectivity index (χ3v) is 3.27. The molecule has 0 radical (unpaired) electrons. The Morgan fingerprint density at radius 1 is 1.14 bits per heavy atom. The van der Waals surface area contributed by atoms with Crippen molar-refractivity contribution < 1.29 is 18.0 Å². The summed E-state index contributed by atoms with van der Waals surface area (Å²) in [6.07, 6.45) is -0.965. The number of amides is 1. The van der Waals surface area contributed by atoms with E-state index in [0.29, 0.717) is 24.2 Å². The van der Waals surface area contributed by atoms with Crippen LogP contribution in [0.5, 0.6) is 0 Å². The topological polar surface area (TPSA) is 55.1 Å². The number of nitrogens with one attached hydrogen (secondary N) is 1. The molecule has 3 N–H and O–H groups in total. The molecule has 0 heterocycles. The molecular formula is C16H23F3N2O. The second-order valence-corrected chi connectivity index (χ2v) is 5.32. The van der Waals surface area contributed by atoms with Crippen LogP contribution in [0.15, 0.2) is 24.3 Å². The molecule has 0 aromatic heterocycles. The summed E-state index contributed by atoms with van der Waals surface area (Å²) in [6, 6.07) is 6.57. The maximum atomic E-state index is 12.2. The smallest absolute Gasteiger partial charge is 0.330 e. The number of halogens is 3. The Kier molecular flexibility index (Phi) is 7.95. The molecule has 1 rings (SSSR count). The first-order valence-corrected chi connectivity index (χ1v) is 7.56. The highest BCUT2D eigenvalue weighted by molar-refractivity contribution is 5.90. The van der Waals surface area contributed by atoms with E-state index >= 15 is 0 Å². The lowest BCUT2D eigenvalue weighted by atomic mass is 10.1. The molecular weight excluding hydrogens is 293 g/mol. The Bertz CT molecular complexity index is 461. The lowest BCUT2D eigenvalue weighted by Gasteiger charge is -2.09. The summed E-state index contributed by atoms with van der Waals surface area (Å²) in [4.78, 5) is 11.8. The van der Waals surface area contributed by atoms with Crippen LogP contribution in [-0.2, 0) is 11.2 Å². The standard InChI is InChI=1S/C16H23F3N2O/c17-16(18,19)10-9-13-6-5-7-14(12-13)21-15(22)8-3-1-2-4-11-20/h5-7,12H,1-4,8-11,20H2,(H,21,22). The summed E-state index contributed by atoms with van der Waals surface area (Å²) in [5, 5.41) is 2.73. The first kappa shape index (κ1) is 18.5. The van der Waals surface area contributed by atoms with E-state index in [9.17, 15) is 18.0 Å². The monoisotopic (exact) mass is 316 g/mol. The molecule has 0 aliphatic carbocycles. The lowest BCUT2D eigenvalue weighted by molar-refractivity contribution is -0.134. The first-order chi connectivity index (χ1) is 10.4. The van der Waals surface area contributed by atoms with Gasteiger partial charge in [0.25, 0.3) is 0 Å². The molecule has 0 fully saturated rings. The van der Waals surface area contributed by atoms with Gasteiger partial charge in [0.15, 0.2) is 0 Å². The van der Waals surface area contributed by atoms with Gasteiger partial charge in [-0.3, -0.25) is 4.79 Å². The minimum absolute atomic E-state index is 0.0771. The summed E-state index contributed by atoms with van der Waals surface area (Å²) in [6.45, 7) is 0.664. The molecule has 0 spiro atoms. The van der Waals surface area contributed by atoms with Gasteiger partial charge < -0.3 is 11.1 Å². The normalized spacial score (nSPS) is 11.5. The number of rotatable bonds is 9. The van der Waals surface area contributed by atoms with Crippen LogP contribution in [0.2, 0.25) is 0 Å². The molecule has 3 nitrogen and oxygen atoms in total. The van der Waals surface area contributed by atoms with Crippen LogP contribution < -0.4 is 11.1 Å². The fourth-order valence-electron chi connectivity index (χ4n) is 2.10. The number of hydrogen-bond donors (Lipinski definition) is 2. The van der Waals surface area contributed by atoms with Crippen molar-refractivity contribution >= 4 is 11.6 Å². The second-order valence-electron chi connectivity index (χ2n) is 5.32. The minimum Gasteiger partial charge on any atom is -0.330 e. The van der Waals surface area contributed by atoms with Crippen molar-refractivity contribution in [1.82, 2.24) is 0 Å². The second kappa shape index (κ2) is 9.46. The number of nitrogens with two attached hydrogens (primary N) is 1. The average Bonchev–Trinajstić information content (AvgIpc) is 2.44. The zero-order valence-electron chi connectivity index (χ0n) is 12.6. The van der Waals surface area contributed by atoms with E-state index in [0.717, 1.165) is 25.7 Å². The average molecular weight is 316 g/mol. The molecule has 0 atom stereocenters. The van der Waals surface area contributed by atoms with E-state index in [1.54, 1.807) is 24.3 Å². The number of carbonyl (C=O) groups is 1. The van der Waals surface area contributed by atoms with E-state index in [4.69, 9.17) is 5.73 Å². The van der Waals surface area contributed by atoms with Crippen LogP contribution in [0.1, 0.15) is 44.1 Å². The van der Waals surface area contributed by atoms with E-state index in [2.05, 4.69) is 5.32 Å². The maximum absolute atomic E-state index is 12.2. The molecule has 1 aromatic carbocycles. The zero-order valence-corrected chi connectivity index (χ0v) is 12.6. The van der Waals surface area contributed by atoms with Gasteiger partial charge in [-0.2, -0.15) is 13.2 Å². The van der Waals surface area contributed by atoms with Crippen LogP contribution in [0.3, 0.4) is 0 Å². The van der Waals surface area contributed by atoms with Gasteiger partial charge in [-0.05, 0) is 43.5 Å². The fourth-order valence-corrected chi connectivity index (χ4v) is 2.10. The number of aryl methyl sites for hydroxylation is 1. The van der Waals surface area contributed by atoms with Crippen LogP contribution in [0, 0.1) is 0 Å². The van der Waals surface area contributed by atoms with Crippen LogP contribution in [-0.4, -0.2) is 18.6 Å². The van der Waals surface area contributed by atoms with Gasteiger partial charge in [0.1, 0.15) is 0 Å². The van der Waals surface area contributed by atoms with Crippen LogP contribution in [0.25, 0.3) is 0 Å². The number of hydrogen-bond acceptors (Lipinski definition) is 2. The number of benzene rings is 1. The van der Waals surface area contributed by atoms with E-state index in [-0.39, 0.29) is 12.3 Å². The van der Waals surface area contributed by atoms with Crippen molar-refractivity contribution in [3.05, 3.63) is 29.8 Å². The number of anilines is 1. The van der Waals surface area contributed by atoms with Crippen molar-refractivity contribution in [3.63, 3.8) is 0 Å². The highest BCUT2D eigenvalue weighted by atomic mass is 19.4. The molecule has 1 amide bonds. The predicted molar refractivity (Wildman–Crippen MR) is 81.6 cm³/mol. The van der Waals surface area contributed by atoms with Gasteiger partial charge in [-0.15, -0.1) is 0 Å². The van der Waals surface area contributed by atoms with E-state index in [1.165, 1.54) is 0 Å². The molecule has 1 aromatic rings. The summed E-state index contributed by atoms with van der Waals surface area (Å²) < 4.78 is 36.6. The predicted octanol–water partition coefficient (Wildman–Crippen LogP) is 4.03. The highest BCUT2D eigenvalue weighted by Gasteiger charge is 2.26. The van der Waals surface area contributed by atoms with E-state index < -0.39 is 12.6 Å². The van der Waals surface area contributed by atoms with E-state index in [1.807, 2.05) is 0 Å². The maximum Gasteiger partial charge on any atom is 0.389 e. The van der Waals surface area contributed by atoms with Gasteiger partial charge in [-0.1, -0.05) is 25.0 Å². The number of carbonyl (C=O) groups excluding carboxylic acids is 1. The molecule has 0 saturated carbocycles. The fraction of sp³-hybridized carbons (Fsp3) is 0.562. The van der Waals surface area contributed by atoms with Gasteiger partial charge >= 0.3 is 6.18 Å². The molecule has 0 bridgehead atoms. The molecule has 6 heteroatoms. The van der Waals surface area contributed by atoms with Gasteiger partial charge in [-0.25, -0.2) is 0 Å². The van der Waals surface area contributed by atoms with Crippen molar-refractivity contribution in [2.45, 2.75) is 51.1 Å². The van der Waals surface area contributed by atoms with Crippen molar-refractivity contribution in [2.24, 2.45) is 5.73 Å². The quantitative estimate of drug-likeness (QED) is 0.676.